The van der Waals surface area contributed by atoms with E-state index in [4.69, 9.17) is 0 Å². The number of carbonyl (C=O) groups excluding carboxylic acids is 2. The molecular formula is C16H25N3O2. The lowest BCUT2D eigenvalue weighted by atomic mass is 10.2. The van der Waals surface area contributed by atoms with Gasteiger partial charge in [-0.1, -0.05) is 24.6 Å². The minimum absolute atomic E-state index is 0.00999. The number of rotatable bonds is 8. The van der Waals surface area contributed by atoms with Gasteiger partial charge in [-0.05, 0) is 32.4 Å². The Balaban J connectivity index is 2.16. The van der Waals surface area contributed by atoms with Crippen molar-refractivity contribution in [1.29, 1.82) is 0 Å². The molecule has 1 aromatic carbocycles. The Morgan fingerprint density at radius 3 is 2.43 bits per heavy atom. The second-order valence-corrected chi connectivity index (χ2v) is 5.22. The smallest absolute Gasteiger partial charge is 0.238 e. The van der Waals surface area contributed by atoms with E-state index in [0.717, 1.165) is 17.7 Å². The van der Waals surface area contributed by atoms with Crippen LogP contribution in [0, 0.1) is 6.92 Å². The number of aryl methyl sites for hydroxylation is 1. The molecule has 3 N–H and O–H groups in total. The van der Waals surface area contributed by atoms with Gasteiger partial charge in [0.05, 0.1) is 6.54 Å². The molecule has 116 valence electrons. The summed E-state index contributed by atoms with van der Waals surface area (Å²) in [5.74, 6) is -0.100. The second-order valence-electron chi connectivity index (χ2n) is 5.22. The summed E-state index contributed by atoms with van der Waals surface area (Å²) in [6.45, 7) is 6.69. The fourth-order valence-electron chi connectivity index (χ4n) is 1.69. The Morgan fingerprint density at radius 1 is 1.14 bits per heavy atom. The molecule has 2 amide bonds. The topological polar surface area (TPSA) is 70.2 Å². The average Bonchev–Trinajstić information content (AvgIpc) is 2.46. The second kappa shape index (κ2) is 9.13. The van der Waals surface area contributed by atoms with Gasteiger partial charge in [0.1, 0.15) is 0 Å². The number of benzene rings is 1. The predicted molar refractivity (Wildman–Crippen MR) is 85.2 cm³/mol. The molecule has 5 heteroatoms. The van der Waals surface area contributed by atoms with E-state index < -0.39 is 0 Å². The van der Waals surface area contributed by atoms with Crippen LogP contribution in [0.1, 0.15) is 32.3 Å². The molecule has 0 heterocycles. The highest BCUT2D eigenvalue weighted by atomic mass is 16.2. The normalized spacial score (nSPS) is 11.8. The molecule has 0 bridgehead atoms. The third-order valence-electron chi connectivity index (χ3n) is 3.17. The van der Waals surface area contributed by atoms with Crippen LogP contribution in [0.5, 0.6) is 0 Å². The van der Waals surface area contributed by atoms with E-state index >= 15 is 0 Å². The van der Waals surface area contributed by atoms with Gasteiger partial charge in [-0.2, -0.15) is 0 Å². The van der Waals surface area contributed by atoms with Crippen molar-refractivity contribution in [3.8, 4) is 0 Å². The van der Waals surface area contributed by atoms with Gasteiger partial charge in [0.2, 0.25) is 11.8 Å². The lowest BCUT2D eigenvalue weighted by molar-refractivity contribution is -0.122. The fourth-order valence-corrected chi connectivity index (χ4v) is 1.69. The maximum atomic E-state index is 11.7. The van der Waals surface area contributed by atoms with E-state index in [2.05, 4.69) is 16.0 Å². The Morgan fingerprint density at radius 2 is 1.81 bits per heavy atom. The number of hydrogen-bond donors (Lipinski definition) is 3. The molecule has 0 saturated heterocycles. The minimum atomic E-state index is -0.110. The van der Waals surface area contributed by atoms with Crippen LogP contribution < -0.4 is 16.0 Å². The summed E-state index contributed by atoms with van der Waals surface area (Å²) in [6.07, 6.45) is 1.29. The van der Waals surface area contributed by atoms with Crippen molar-refractivity contribution in [3.63, 3.8) is 0 Å². The Kier molecular flexibility index (Phi) is 7.46. The third kappa shape index (κ3) is 7.46. The van der Waals surface area contributed by atoms with Gasteiger partial charge in [-0.25, -0.2) is 0 Å². The maximum absolute atomic E-state index is 11.7. The van der Waals surface area contributed by atoms with Crippen LogP contribution in [0.15, 0.2) is 24.3 Å². The number of carbonyl (C=O) groups is 2. The number of amides is 2. The minimum Gasteiger partial charge on any atom is -0.354 e. The quantitative estimate of drug-likeness (QED) is 0.640. The van der Waals surface area contributed by atoms with E-state index in [-0.39, 0.29) is 24.4 Å². The van der Waals surface area contributed by atoms with Crippen LogP contribution in [0.3, 0.4) is 0 Å². The third-order valence-corrected chi connectivity index (χ3v) is 3.17. The largest absolute Gasteiger partial charge is 0.354 e. The summed E-state index contributed by atoms with van der Waals surface area (Å²) < 4.78 is 0. The molecule has 1 aromatic rings. The zero-order valence-corrected chi connectivity index (χ0v) is 13.0. The predicted octanol–water partition coefficient (Wildman–Crippen LogP) is 1.83. The van der Waals surface area contributed by atoms with Gasteiger partial charge < -0.3 is 16.0 Å². The molecule has 0 aromatic heterocycles. The Hall–Kier alpha value is -1.88. The lowest BCUT2D eigenvalue weighted by Crippen LogP contribution is -2.35. The van der Waals surface area contributed by atoms with E-state index in [9.17, 15) is 9.59 Å². The maximum Gasteiger partial charge on any atom is 0.238 e. The first-order chi connectivity index (χ1) is 10.0. The van der Waals surface area contributed by atoms with Gasteiger partial charge in [0, 0.05) is 24.7 Å². The van der Waals surface area contributed by atoms with Crippen molar-refractivity contribution < 1.29 is 9.59 Å². The van der Waals surface area contributed by atoms with E-state index in [1.807, 2.05) is 45.0 Å². The van der Waals surface area contributed by atoms with Crippen molar-refractivity contribution in [2.24, 2.45) is 0 Å². The highest BCUT2D eigenvalue weighted by molar-refractivity contribution is 5.92. The SMILES string of the molecule is CCC(C)NC(=O)CCNCC(=O)Nc1ccc(C)cc1. The molecule has 0 aliphatic rings. The molecule has 0 spiro atoms. The number of nitrogens with one attached hydrogen (secondary N) is 3. The molecule has 1 unspecified atom stereocenters. The summed E-state index contributed by atoms with van der Waals surface area (Å²) >= 11 is 0. The summed E-state index contributed by atoms with van der Waals surface area (Å²) in [6, 6.07) is 7.83. The van der Waals surface area contributed by atoms with Crippen molar-refractivity contribution in [2.75, 3.05) is 18.4 Å². The van der Waals surface area contributed by atoms with Gasteiger partial charge in [-0.15, -0.1) is 0 Å². The molecule has 0 fully saturated rings. The van der Waals surface area contributed by atoms with Gasteiger partial charge in [0.25, 0.3) is 0 Å². The van der Waals surface area contributed by atoms with Gasteiger partial charge in [-0.3, -0.25) is 9.59 Å². The van der Waals surface area contributed by atoms with Crippen LogP contribution in [-0.2, 0) is 9.59 Å². The van der Waals surface area contributed by atoms with Crippen molar-refractivity contribution in [1.82, 2.24) is 10.6 Å². The fraction of sp³-hybridized carbons (Fsp3) is 0.500. The molecule has 5 nitrogen and oxygen atoms in total. The Labute approximate surface area is 126 Å². The molecule has 1 rings (SSSR count). The molecule has 0 aliphatic heterocycles. The average molecular weight is 291 g/mol. The van der Waals surface area contributed by atoms with Gasteiger partial charge >= 0.3 is 0 Å². The standard InChI is InChI=1S/C16H25N3O2/c1-4-13(3)18-15(20)9-10-17-11-16(21)19-14-7-5-12(2)6-8-14/h5-8,13,17H,4,9-11H2,1-3H3,(H,18,20)(H,19,21). The molecular weight excluding hydrogens is 266 g/mol. The van der Waals surface area contributed by atoms with E-state index in [1.54, 1.807) is 0 Å². The summed E-state index contributed by atoms with van der Waals surface area (Å²) in [4.78, 5) is 23.2. The zero-order chi connectivity index (χ0) is 15.7. The highest BCUT2D eigenvalue weighted by Crippen LogP contribution is 2.07. The molecule has 0 aliphatic carbocycles. The first-order valence-corrected chi connectivity index (χ1v) is 7.38. The van der Waals surface area contributed by atoms with Gasteiger partial charge in [0.15, 0.2) is 0 Å². The van der Waals surface area contributed by atoms with Crippen LogP contribution in [0.2, 0.25) is 0 Å². The summed E-state index contributed by atoms with van der Waals surface area (Å²) in [5.41, 5.74) is 1.93. The molecule has 1 atom stereocenters. The summed E-state index contributed by atoms with van der Waals surface area (Å²) in [7, 11) is 0. The molecule has 0 saturated carbocycles. The Bertz CT molecular complexity index is 457. The van der Waals surface area contributed by atoms with Crippen molar-refractivity contribution >= 4 is 17.5 Å². The molecule has 21 heavy (non-hydrogen) atoms. The highest BCUT2D eigenvalue weighted by Gasteiger charge is 2.06. The monoisotopic (exact) mass is 291 g/mol. The summed E-state index contributed by atoms with van der Waals surface area (Å²) in [5, 5.41) is 8.65. The van der Waals surface area contributed by atoms with E-state index in [0.29, 0.717) is 13.0 Å². The van der Waals surface area contributed by atoms with Crippen molar-refractivity contribution in [2.45, 2.75) is 39.7 Å². The van der Waals surface area contributed by atoms with Crippen LogP contribution in [-0.4, -0.2) is 30.9 Å². The number of anilines is 1. The van der Waals surface area contributed by atoms with Crippen LogP contribution in [0.4, 0.5) is 5.69 Å². The van der Waals surface area contributed by atoms with E-state index in [1.165, 1.54) is 0 Å². The zero-order valence-electron chi connectivity index (χ0n) is 13.0. The van der Waals surface area contributed by atoms with Crippen LogP contribution in [0.25, 0.3) is 0 Å². The molecule has 0 radical (unpaired) electrons. The first-order valence-electron chi connectivity index (χ1n) is 7.38. The van der Waals surface area contributed by atoms with Crippen LogP contribution >= 0.6 is 0 Å². The first kappa shape index (κ1) is 17.2. The van der Waals surface area contributed by atoms with Crippen molar-refractivity contribution in [3.05, 3.63) is 29.8 Å². The lowest BCUT2D eigenvalue weighted by Gasteiger charge is -2.11. The number of hydrogen-bond acceptors (Lipinski definition) is 3.